The largest absolute Gasteiger partial charge is 0.490 e. The lowest BCUT2D eigenvalue weighted by Crippen LogP contribution is -2.41. The number of hydrogen-bond acceptors (Lipinski definition) is 4. The lowest BCUT2D eigenvalue weighted by atomic mass is 10.0. The molecule has 5 nitrogen and oxygen atoms in total. The number of rotatable bonds is 4. The number of aryl methyl sites for hydroxylation is 2. The summed E-state index contributed by atoms with van der Waals surface area (Å²) in [5, 5.41) is 3.15. The zero-order valence-electron chi connectivity index (χ0n) is 17.7. The molecule has 1 amide bonds. The van der Waals surface area contributed by atoms with Crippen molar-refractivity contribution >= 4 is 11.6 Å². The van der Waals surface area contributed by atoms with Gasteiger partial charge in [-0.1, -0.05) is 12.1 Å². The molecule has 5 rings (SSSR count). The van der Waals surface area contributed by atoms with Gasteiger partial charge in [-0.25, -0.2) is 0 Å². The normalized spacial score (nSPS) is 21.7. The highest BCUT2D eigenvalue weighted by Gasteiger charge is 2.33. The van der Waals surface area contributed by atoms with Gasteiger partial charge in [0.25, 0.3) is 0 Å². The van der Waals surface area contributed by atoms with E-state index in [4.69, 9.17) is 9.47 Å². The molecule has 1 aliphatic carbocycles. The molecule has 0 bridgehead atoms. The van der Waals surface area contributed by atoms with Crippen molar-refractivity contribution in [2.75, 3.05) is 25.1 Å². The molecule has 0 spiro atoms. The number of carbonyl (C=O) groups is 1. The Morgan fingerprint density at radius 1 is 1.00 bits per heavy atom. The topological polar surface area (TPSA) is 50.8 Å². The van der Waals surface area contributed by atoms with Crippen LogP contribution in [0.25, 0.3) is 0 Å². The van der Waals surface area contributed by atoms with Crippen molar-refractivity contribution in [3.63, 3.8) is 0 Å². The quantitative estimate of drug-likeness (QED) is 0.812. The summed E-state index contributed by atoms with van der Waals surface area (Å²) in [6.45, 7) is 4.33. The van der Waals surface area contributed by atoms with Crippen LogP contribution in [0.2, 0.25) is 0 Å². The average molecular weight is 407 g/mol. The SMILES string of the molecule is CC(C(=O)Nc1ccc2c(c1)CCC2)N1CCCC1c1ccc2c(c1)OCCCO2. The molecule has 2 atom stereocenters. The molecule has 1 saturated heterocycles. The van der Waals surface area contributed by atoms with Crippen LogP contribution in [-0.2, 0) is 17.6 Å². The van der Waals surface area contributed by atoms with Crippen molar-refractivity contribution in [3.05, 3.63) is 53.1 Å². The second kappa shape index (κ2) is 8.31. The van der Waals surface area contributed by atoms with Gasteiger partial charge in [-0.2, -0.15) is 0 Å². The van der Waals surface area contributed by atoms with Gasteiger partial charge in [0.2, 0.25) is 5.91 Å². The fraction of sp³-hybridized carbons (Fsp3) is 0.480. The first-order chi connectivity index (χ1) is 14.7. The first-order valence-electron chi connectivity index (χ1n) is 11.3. The van der Waals surface area contributed by atoms with Crippen molar-refractivity contribution in [2.45, 2.75) is 57.5 Å². The van der Waals surface area contributed by atoms with Gasteiger partial charge in [0.15, 0.2) is 11.5 Å². The number of hydrogen-bond donors (Lipinski definition) is 1. The van der Waals surface area contributed by atoms with E-state index < -0.39 is 0 Å². The molecule has 158 valence electrons. The van der Waals surface area contributed by atoms with E-state index in [-0.39, 0.29) is 18.0 Å². The Labute approximate surface area is 178 Å². The maximum Gasteiger partial charge on any atom is 0.241 e. The average Bonchev–Trinajstić information content (AvgIpc) is 3.37. The van der Waals surface area contributed by atoms with Gasteiger partial charge in [-0.15, -0.1) is 0 Å². The predicted molar refractivity (Wildman–Crippen MR) is 117 cm³/mol. The minimum absolute atomic E-state index is 0.0641. The standard InChI is InChI=1S/C25H30N2O3/c1-17(25(28)26-21-10-8-18-5-2-6-19(18)15-21)27-12-3-7-22(27)20-9-11-23-24(16-20)30-14-4-13-29-23/h8-11,15-17,22H,2-7,12-14H2,1H3,(H,26,28). The zero-order chi connectivity index (χ0) is 20.5. The highest BCUT2D eigenvalue weighted by molar-refractivity contribution is 5.94. The van der Waals surface area contributed by atoms with Crippen LogP contribution in [0, 0.1) is 0 Å². The predicted octanol–water partition coefficient (Wildman–Crippen LogP) is 4.50. The second-order valence-electron chi connectivity index (χ2n) is 8.65. The van der Waals surface area contributed by atoms with Crippen molar-refractivity contribution in [1.82, 2.24) is 4.90 Å². The number of nitrogens with one attached hydrogen (secondary N) is 1. The zero-order valence-corrected chi connectivity index (χ0v) is 17.7. The number of benzene rings is 2. The lowest BCUT2D eigenvalue weighted by molar-refractivity contribution is -0.121. The number of amides is 1. The van der Waals surface area contributed by atoms with E-state index in [0.717, 1.165) is 55.8 Å². The molecule has 2 aromatic rings. The first kappa shape index (κ1) is 19.4. The van der Waals surface area contributed by atoms with Crippen LogP contribution in [0.5, 0.6) is 11.5 Å². The van der Waals surface area contributed by atoms with Crippen LogP contribution in [0.4, 0.5) is 5.69 Å². The van der Waals surface area contributed by atoms with E-state index >= 15 is 0 Å². The Morgan fingerprint density at radius 3 is 2.73 bits per heavy atom. The lowest BCUT2D eigenvalue weighted by Gasteiger charge is -2.30. The van der Waals surface area contributed by atoms with Gasteiger partial charge in [0, 0.05) is 18.2 Å². The maximum absolute atomic E-state index is 13.1. The van der Waals surface area contributed by atoms with Crippen molar-refractivity contribution in [3.8, 4) is 11.5 Å². The Kier molecular flexibility index (Phi) is 5.38. The smallest absolute Gasteiger partial charge is 0.241 e. The second-order valence-corrected chi connectivity index (χ2v) is 8.65. The van der Waals surface area contributed by atoms with Crippen molar-refractivity contribution in [2.24, 2.45) is 0 Å². The van der Waals surface area contributed by atoms with E-state index in [2.05, 4.69) is 34.5 Å². The van der Waals surface area contributed by atoms with Crippen LogP contribution in [0.15, 0.2) is 36.4 Å². The summed E-state index contributed by atoms with van der Waals surface area (Å²) in [6, 6.07) is 12.6. The fourth-order valence-corrected chi connectivity index (χ4v) is 5.04. The molecule has 1 fully saturated rings. The number of likely N-dealkylation sites (tertiary alicyclic amines) is 1. The molecule has 0 saturated carbocycles. The molecule has 0 aromatic heterocycles. The van der Waals surface area contributed by atoms with Crippen LogP contribution in [0.1, 0.15) is 55.3 Å². The highest BCUT2D eigenvalue weighted by atomic mass is 16.5. The van der Waals surface area contributed by atoms with E-state index in [1.807, 2.05) is 19.1 Å². The van der Waals surface area contributed by atoms with Gasteiger partial charge in [-0.3, -0.25) is 9.69 Å². The van der Waals surface area contributed by atoms with Gasteiger partial charge in [0.05, 0.1) is 19.3 Å². The molecule has 2 aromatic carbocycles. The van der Waals surface area contributed by atoms with Crippen LogP contribution in [0.3, 0.4) is 0 Å². The summed E-state index contributed by atoms with van der Waals surface area (Å²) in [5.41, 5.74) is 4.93. The van der Waals surface area contributed by atoms with Gasteiger partial charge in [-0.05, 0) is 86.5 Å². The first-order valence-corrected chi connectivity index (χ1v) is 11.3. The summed E-state index contributed by atoms with van der Waals surface area (Å²) in [7, 11) is 0. The minimum Gasteiger partial charge on any atom is -0.490 e. The molecular formula is C25H30N2O3. The summed E-state index contributed by atoms with van der Waals surface area (Å²) >= 11 is 0. The molecule has 2 heterocycles. The maximum atomic E-state index is 13.1. The Bertz CT molecular complexity index is 942. The van der Waals surface area contributed by atoms with E-state index in [1.165, 1.54) is 23.1 Å². The fourth-order valence-electron chi connectivity index (χ4n) is 5.04. The van der Waals surface area contributed by atoms with E-state index in [9.17, 15) is 4.79 Å². The highest BCUT2D eigenvalue weighted by Crippen LogP contribution is 2.39. The Balaban J connectivity index is 1.30. The van der Waals surface area contributed by atoms with Gasteiger partial charge < -0.3 is 14.8 Å². The number of nitrogens with zero attached hydrogens (tertiary/aromatic N) is 1. The van der Waals surface area contributed by atoms with Crippen LogP contribution < -0.4 is 14.8 Å². The molecule has 2 aliphatic heterocycles. The molecule has 2 unspecified atom stereocenters. The van der Waals surface area contributed by atoms with E-state index in [0.29, 0.717) is 13.2 Å². The minimum atomic E-state index is -0.193. The molecule has 5 heteroatoms. The van der Waals surface area contributed by atoms with E-state index in [1.54, 1.807) is 0 Å². The Morgan fingerprint density at radius 2 is 1.83 bits per heavy atom. The van der Waals surface area contributed by atoms with Crippen LogP contribution >= 0.6 is 0 Å². The van der Waals surface area contributed by atoms with Gasteiger partial charge >= 0.3 is 0 Å². The summed E-state index contributed by atoms with van der Waals surface area (Å²) in [5.74, 6) is 1.71. The third-order valence-electron chi connectivity index (χ3n) is 6.69. The summed E-state index contributed by atoms with van der Waals surface area (Å²) in [6.07, 6.45) is 6.54. The number of ether oxygens (including phenoxy) is 2. The Hall–Kier alpha value is -2.53. The summed E-state index contributed by atoms with van der Waals surface area (Å²) < 4.78 is 11.7. The van der Waals surface area contributed by atoms with Crippen molar-refractivity contribution < 1.29 is 14.3 Å². The number of carbonyl (C=O) groups excluding carboxylic acids is 1. The molecule has 0 radical (unpaired) electrons. The molecule has 3 aliphatic rings. The molecular weight excluding hydrogens is 376 g/mol. The molecule has 30 heavy (non-hydrogen) atoms. The molecule has 1 N–H and O–H groups in total. The van der Waals surface area contributed by atoms with Crippen LogP contribution in [-0.4, -0.2) is 36.6 Å². The number of anilines is 1. The third-order valence-corrected chi connectivity index (χ3v) is 6.69. The summed E-state index contributed by atoms with van der Waals surface area (Å²) in [4.78, 5) is 15.4. The number of fused-ring (bicyclic) bond motifs is 2. The van der Waals surface area contributed by atoms with Gasteiger partial charge in [0.1, 0.15) is 0 Å². The monoisotopic (exact) mass is 406 g/mol. The van der Waals surface area contributed by atoms with Crippen molar-refractivity contribution in [1.29, 1.82) is 0 Å². The third kappa shape index (κ3) is 3.79.